The summed E-state index contributed by atoms with van der Waals surface area (Å²) in [5, 5.41) is 13.5. The van der Waals surface area contributed by atoms with E-state index in [4.69, 9.17) is 5.11 Å². The molecule has 0 aliphatic rings. The van der Waals surface area contributed by atoms with Crippen molar-refractivity contribution in [1.82, 2.24) is 5.32 Å². The maximum atomic E-state index is 10.6. The Morgan fingerprint density at radius 3 is 3.00 bits per heavy atom. The molecule has 1 heterocycles. The van der Waals surface area contributed by atoms with E-state index in [0.717, 1.165) is 6.42 Å². The lowest BCUT2D eigenvalue weighted by Crippen LogP contribution is -2.34. The Bertz CT molecular complexity index is 259. The molecule has 0 radical (unpaired) electrons. The molecule has 1 aromatic heterocycles. The second kappa shape index (κ2) is 4.99. The third kappa shape index (κ3) is 3.16. The molecule has 0 fully saturated rings. The first kappa shape index (κ1) is 10.2. The smallest absolute Gasteiger partial charge is 0.320 e. The van der Waals surface area contributed by atoms with Crippen molar-refractivity contribution in [2.75, 3.05) is 7.05 Å². The summed E-state index contributed by atoms with van der Waals surface area (Å²) in [6, 6.07) is 3.58. The van der Waals surface area contributed by atoms with Crippen molar-refractivity contribution in [1.29, 1.82) is 0 Å². The van der Waals surface area contributed by atoms with Gasteiger partial charge in [-0.25, -0.2) is 0 Å². The second-order valence-corrected chi connectivity index (χ2v) is 3.83. The number of hydrogen-bond acceptors (Lipinski definition) is 3. The van der Waals surface area contributed by atoms with Gasteiger partial charge in [0, 0.05) is 4.88 Å². The highest BCUT2D eigenvalue weighted by molar-refractivity contribution is 7.09. The Morgan fingerprint density at radius 1 is 1.77 bits per heavy atom. The summed E-state index contributed by atoms with van der Waals surface area (Å²) < 4.78 is 0. The zero-order valence-corrected chi connectivity index (χ0v) is 8.30. The number of carbonyl (C=O) groups is 1. The van der Waals surface area contributed by atoms with Crippen molar-refractivity contribution in [2.24, 2.45) is 0 Å². The summed E-state index contributed by atoms with van der Waals surface area (Å²) in [5.74, 6) is -0.779. The molecule has 3 nitrogen and oxygen atoms in total. The molecule has 4 heteroatoms. The Morgan fingerprint density at radius 2 is 2.54 bits per heavy atom. The van der Waals surface area contributed by atoms with Crippen molar-refractivity contribution in [2.45, 2.75) is 18.9 Å². The normalized spacial score (nSPS) is 12.7. The number of aryl methyl sites for hydroxylation is 1. The van der Waals surface area contributed by atoms with Gasteiger partial charge in [-0.3, -0.25) is 4.79 Å². The number of carboxylic acids is 1. The summed E-state index contributed by atoms with van der Waals surface area (Å²) in [6.07, 6.45) is 1.47. The van der Waals surface area contributed by atoms with Gasteiger partial charge in [0.1, 0.15) is 6.04 Å². The van der Waals surface area contributed by atoms with E-state index in [-0.39, 0.29) is 0 Å². The zero-order valence-electron chi connectivity index (χ0n) is 7.49. The van der Waals surface area contributed by atoms with E-state index in [0.29, 0.717) is 6.42 Å². The minimum Gasteiger partial charge on any atom is -0.480 e. The van der Waals surface area contributed by atoms with Gasteiger partial charge < -0.3 is 10.4 Å². The molecule has 0 saturated carbocycles. The van der Waals surface area contributed by atoms with E-state index >= 15 is 0 Å². The number of hydrogen-bond donors (Lipinski definition) is 2. The summed E-state index contributed by atoms with van der Waals surface area (Å²) in [6.45, 7) is 0. The molecule has 1 atom stereocenters. The van der Waals surface area contributed by atoms with Gasteiger partial charge in [0.15, 0.2) is 0 Å². The first-order valence-corrected chi connectivity index (χ1v) is 5.04. The van der Waals surface area contributed by atoms with Crippen molar-refractivity contribution in [3.63, 3.8) is 0 Å². The van der Waals surface area contributed by atoms with E-state index in [1.165, 1.54) is 4.88 Å². The van der Waals surface area contributed by atoms with Crippen LogP contribution < -0.4 is 5.32 Å². The van der Waals surface area contributed by atoms with Crippen LogP contribution in [-0.4, -0.2) is 24.2 Å². The van der Waals surface area contributed by atoms with Crippen molar-refractivity contribution in [3.8, 4) is 0 Å². The first-order chi connectivity index (χ1) is 6.24. The second-order valence-electron chi connectivity index (χ2n) is 2.80. The van der Waals surface area contributed by atoms with Crippen molar-refractivity contribution < 1.29 is 9.90 Å². The van der Waals surface area contributed by atoms with Gasteiger partial charge in [0.2, 0.25) is 0 Å². The number of thiophene rings is 1. The van der Waals surface area contributed by atoms with E-state index in [9.17, 15) is 4.79 Å². The van der Waals surface area contributed by atoms with Gasteiger partial charge in [0.05, 0.1) is 0 Å². The third-order valence-corrected chi connectivity index (χ3v) is 2.84. The molecule has 13 heavy (non-hydrogen) atoms. The van der Waals surface area contributed by atoms with Crippen LogP contribution in [0.3, 0.4) is 0 Å². The van der Waals surface area contributed by atoms with Gasteiger partial charge >= 0.3 is 5.97 Å². The lowest BCUT2D eigenvalue weighted by molar-refractivity contribution is -0.139. The molecule has 72 valence electrons. The number of likely N-dealkylation sites (N-methyl/N-ethyl adjacent to an activating group) is 1. The van der Waals surface area contributed by atoms with Crippen LogP contribution in [0.1, 0.15) is 11.3 Å². The molecule has 0 saturated heterocycles. The average Bonchev–Trinajstić information content (AvgIpc) is 2.57. The molecule has 2 N–H and O–H groups in total. The quantitative estimate of drug-likeness (QED) is 0.752. The molecule has 0 bridgehead atoms. The Hall–Kier alpha value is -0.870. The SMILES string of the molecule is CNC(CCc1cccs1)C(=O)O. The standard InChI is InChI=1S/C9H13NO2S/c1-10-8(9(11)12)5-4-7-3-2-6-13-7/h2-3,6,8,10H,4-5H2,1H3,(H,11,12). The molecule has 1 rings (SSSR count). The molecule has 0 amide bonds. The topological polar surface area (TPSA) is 49.3 Å². The predicted molar refractivity (Wildman–Crippen MR) is 53.1 cm³/mol. The van der Waals surface area contributed by atoms with Crippen LogP contribution in [0.15, 0.2) is 17.5 Å². The molecular weight excluding hydrogens is 186 g/mol. The molecule has 1 unspecified atom stereocenters. The third-order valence-electron chi connectivity index (χ3n) is 1.91. The minimum atomic E-state index is -0.779. The summed E-state index contributed by atoms with van der Waals surface area (Å²) in [5.41, 5.74) is 0. The fourth-order valence-electron chi connectivity index (χ4n) is 1.13. The summed E-state index contributed by atoms with van der Waals surface area (Å²) in [7, 11) is 1.67. The van der Waals surface area contributed by atoms with Crippen LogP contribution >= 0.6 is 11.3 Å². The number of aliphatic carboxylic acids is 1. The molecule has 0 aromatic carbocycles. The average molecular weight is 199 g/mol. The minimum absolute atomic E-state index is 0.429. The van der Waals surface area contributed by atoms with Crippen LogP contribution in [0.2, 0.25) is 0 Å². The molecule has 0 spiro atoms. The van der Waals surface area contributed by atoms with Crippen LogP contribution in [0.4, 0.5) is 0 Å². The molecule has 1 aromatic rings. The highest BCUT2D eigenvalue weighted by Gasteiger charge is 2.14. The van der Waals surface area contributed by atoms with Crippen LogP contribution in [0.5, 0.6) is 0 Å². The van der Waals surface area contributed by atoms with Gasteiger partial charge in [-0.2, -0.15) is 0 Å². The van der Waals surface area contributed by atoms with E-state index in [2.05, 4.69) is 5.32 Å². The van der Waals surface area contributed by atoms with Gasteiger partial charge in [-0.15, -0.1) is 11.3 Å². The van der Waals surface area contributed by atoms with Crippen LogP contribution in [-0.2, 0) is 11.2 Å². The summed E-state index contributed by atoms with van der Waals surface area (Å²) in [4.78, 5) is 11.9. The Labute approximate surface area is 81.4 Å². The van der Waals surface area contributed by atoms with Crippen LogP contribution in [0.25, 0.3) is 0 Å². The highest BCUT2D eigenvalue weighted by Crippen LogP contribution is 2.11. The van der Waals surface area contributed by atoms with Gasteiger partial charge in [0.25, 0.3) is 0 Å². The summed E-state index contributed by atoms with van der Waals surface area (Å²) >= 11 is 1.67. The Balaban J connectivity index is 2.36. The van der Waals surface area contributed by atoms with Gasteiger partial charge in [-0.05, 0) is 31.3 Å². The Kier molecular flexibility index (Phi) is 3.92. The van der Waals surface area contributed by atoms with E-state index in [1.807, 2.05) is 17.5 Å². The fraction of sp³-hybridized carbons (Fsp3) is 0.444. The van der Waals surface area contributed by atoms with Crippen LogP contribution in [0, 0.1) is 0 Å². The lowest BCUT2D eigenvalue weighted by Gasteiger charge is -2.09. The highest BCUT2D eigenvalue weighted by atomic mass is 32.1. The maximum Gasteiger partial charge on any atom is 0.320 e. The van der Waals surface area contributed by atoms with Crippen molar-refractivity contribution >= 4 is 17.3 Å². The molecule has 0 aliphatic carbocycles. The molecule has 0 aliphatic heterocycles. The zero-order chi connectivity index (χ0) is 9.68. The fourth-order valence-corrected chi connectivity index (χ4v) is 1.86. The number of nitrogens with one attached hydrogen (secondary N) is 1. The predicted octanol–water partition coefficient (Wildman–Crippen LogP) is 1.35. The first-order valence-electron chi connectivity index (χ1n) is 4.16. The number of carboxylic acid groups (broad SMARTS) is 1. The van der Waals surface area contributed by atoms with Gasteiger partial charge in [-0.1, -0.05) is 6.07 Å². The van der Waals surface area contributed by atoms with E-state index in [1.54, 1.807) is 18.4 Å². The lowest BCUT2D eigenvalue weighted by atomic mass is 10.1. The maximum absolute atomic E-state index is 10.6. The molecular formula is C9H13NO2S. The number of rotatable bonds is 5. The van der Waals surface area contributed by atoms with E-state index < -0.39 is 12.0 Å². The van der Waals surface area contributed by atoms with Crippen molar-refractivity contribution in [3.05, 3.63) is 22.4 Å². The monoisotopic (exact) mass is 199 g/mol. The largest absolute Gasteiger partial charge is 0.480 e.